The van der Waals surface area contributed by atoms with Gasteiger partial charge in [-0.1, -0.05) is 19.1 Å². The number of aromatic amines is 2. The van der Waals surface area contributed by atoms with Crippen LogP contribution in [0.4, 0.5) is 5.82 Å². The van der Waals surface area contributed by atoms with Crippen molar-refractivity contribution in [2.24, 2.45) is 11.0 Å². The minimum absolute atomic E-state index is 0.118. The zero-order valence-corrected chi connectivity index (χ0v) is 12.8. The number of hydrazone groups is 1. The van der Waals surface area contributed by atoms with Gasteiger partial charge < -0.3 is 5.32 Å². The Morgan fingerprint density at radius 1 is 1.52 bits per heavy atom. The summed E-state index contributed by atoms with van der Waals surface area (Å²) in [7, 11) is 0. The minimum atomic E-state index is -0.704. The molecule has 2 atom stereocenters. The SMILES string of the molecule is CC[C@H](Nc1n[nH]c(=O)[nH]c1=O)C(=O)N/N=C/[C@H]1CC=CCC1. The quantitative estimate of drug-likeness (QED) is 0.335. The standard InChI is InChI=1S/C14H20N6O3/c1-2-10(16-11-13(22)17-14(23)20-18-11)12(21)19-15-8-9-6-4-3-5-7-9/h3-4,8-10H,2,5-7H2,1H3,(H,16,18)(H,19,21)(H2,17,20,22,23)/b15-8+/t9-,10-/m0/s1. The van der Waals surface area contributed by atoms with Crippen LogP contribution in [0.15, 0.2) is 26.8 Å². The van der Waals surface area contributed by atoms with Gasteiger partial charge in [-0.2, -0.15) is 5.10 Å². The van der Waals surface area contributed by atoms with Gasteiger partial charge in [0.2, 0.25) is 5.82 Å². The number of H-pyrrole nitrogens is 2. The molecule has 0 radical (unpaired) electrons. The molecule has 1 aromatic heterocycles. The van der Waals surface area contributed by atoms with Crippen LogP contribution in [0.3, 0.4) is 0 Å². The molecular weight excluding hydrogens is 300 g/mol. The number of hydrogen-bond acceptors (Lipinski definition) is 6. The second-order valence-electron chi connectivity index (χ2n) is 5.26. The Morgan fingerprint density at radius 2 is 2.35 bits per heavy atom. The predicted octanol–water partition coefficient (Wildman–Crippen LogP) is 0.107. The highest BCUT2D eigenvalue weighted by atomic mass is 16.2. The van der Waals surface area contributed by atoms with Gasteiger partial charge >= 0.3 is 5.69 Å². The number of anilines is 1. The molecule has 9 heteroatoms. The van der Waals surface area contributed by atoms with E-state index in [-0.39, 0.29) is 11.7 Å². The Labute approximate surface area is 132 Å². The van der Waals surface area contributed by atoms with E-state index in [1.54, 1.807) is 13.1 Å². The lowest BCUT2D eigenvalue weighted by Crippen LogP contribution is -2.39. The predicted molar refractivity (Wildman–Crippen MR) is 86.3 cm³/mol. The first-order valence-electron chi connectivity index (χ1n) is 7.53. The Balaban J connectivity index is 1.92. The van der Waals surface area contributed by atoms with Gasteiger partial charge in [0.25, 0.3) is 11.5 Å². The van der Waals surface area contributed by atoms with Crippen LogP contribution < -0.4 is 22.0 Å². The van der Waals surface area contributed by atoms with Crippen molar-refractivity contribution >= 4 is 17.9 Å². The van der Waals surface area contributed by atoms with E-state index < -0.39 is 17.3 Å². The third-order valence-corrected chi connectivity index (χ3v) is 3.52. The van der Waals surface area contributed by atoms with Crippen molar-refractivity contribution in [3.05, 3.63) is 33.0 Å². The van der Waals surface area contributed by atoms with Crippen molar-refractivity contribution in [1.82, 2.24) is 20.6 Å². The second-order valence-corrected chi connectivity index (χ2v) is 5.26. The van der Waals surface area contributed by atoms with Crippen molar-refractivity contribution in [1.29, 1.82) is 0 Å². The van der Waals surface area contributed by atoms with Crippen LogP contribution in [0.25, 0.3) is 0 Å². The van der Waals surface area contributed by atoms with E-state index in [0.29, 0.717) is 12.3 Å². The van der Waals surface area contributed by atoms with Crippen molar-refractivity contribution in [3.63, 3.8) is 0 Å². The van der Waals surface area contributed by atoms with Crippen molar-refractivity contribution in [3.8, 4) is 0 Å². The summed E-state index contributed by atoms with van der Waals surface area (Å²) in [5.74, 6) is -0.160. The van der Waals surface area contributed by atoms with Crippen LogP contribution in [0.1, 0.15) is 32.6 Å². The van der Waals surface area contributed by atoms with E-state index in [9.17, 15) is 14.4 Å². The van der Waals surface area contributed by atoms with E-state index >= 15 is 0 Å². The molecule has 0 aliphatic heterocycles. The van der Waals surface area contributed by atoms with Gasteiger partial charge in [-0.3, -0.25) is 14.6 Å². The summed E-state index contributed by atoms with van der Waals surface area (Å²) in [6, 6.07) is -0.682. The number of rotatable bonds is 6. The fourth-order valence-electron chi connectivity index (χ4n) is 2.20. The van der Waals surface area contributed by atoms with Gasteiger partial charge in [0.05, 0.1) is 0 Å². The van der Waals surface area contributed by atoms with E-state index in [2.05, 4.69) is 38.2 Å². The zero-order valence-electron chi connectivity index (χ0n) is 12.8. The maximum Gasteiger partial charge on any atom is 0.342 e. The lowest BCUT2D eigenvalue weighted by Gasteiger charge is -2.15. The Morgan fingerprint density at radius 3 is 3.00 bits per heavy atom. The van der Waals surface area contributed by atoms with Crippen molar-refractivity contribution in [2.45, 2.75) is 38.6 Å². The number of hydrogen-bond donors (Lipinski definition) is 4. The Kier molecular flexibility index (Phi) is 5.84. The van der Waals surface area contributed by atoms with Crippen molar-refractivity contribution in [2.75, 3.05) is 5.32 Å². The average Bonchev–Trinajstić information content (AvgIpc) is 2.55. The number of carbonyl (C=O) groups is 1. The Hall–Kier alpha value is -2.71. The molecule has 0 aromatic carbocycles. The molecule has 1 heterocycles. The zero-order chi connectivity index (χ0) is 16.7. The monoisotopic (exact) mass is 320 g/mol. The third kappa shape index (κ3) is 4.90. The van der Waals surface area contributed by atoms with Crippen molar-refractivity contribution < 1.29 is 4.79 Å². The summed E-state index contributed by atoms with van der Waals surface area (Å²) in [6.45, 7) is 1.78. The summed E-state index contributed by atoms with van der Waals surface area (Å²) in [5.41, 5.74) is 1.08. The fourth-order valence-corrected chi connectivity index (χ4v) is 2.20. The fraction of sp³-hybridized carbons (Fsp3) is 0.500. The van der Waals surface area contributed by atoms with E-state index in [0.717, 1.165) is 19.3 Å². The molecule has 0 fully saturated rings. The van der Waals surface area contributed by atoms with E-state index in [4.69, 9.17) is 0 Å². The first-order chi connectivity index (χ1) is 11.1. The molecule has 1 amide bonds. The molecule has 2 rings (SSSR count). The van der Waals surface area contributed by atoms with Gasteiger partial charge in [-0.25, -0.2) is 15.3 Å². The molecule has 0 unspecified atom stereocenters. The van der Waals surface area contributed by atoms with Crippen LogP contribution in [-0.2, 0) is 4.79 Å². The number of amides is 1. The van der Waals surface area contributed by atoms with E-state index in [1.165, 1.54) is 0 Å². The number of allylic oxidation sites excluding steroid dienone is 2. The molecule has 4 N–H and O–H groups in total. The van der Waals surface area contributed by atoms with Crippen LogP contribution in [0.2, 0.25) is 0 Å². The second kappa shape index (κ2) is 8.06. The number of nitrogens with one attached hydrogen (secondary N) is 4. The smallest absolute Gasteiger partial charge is 0.342 e. The number of aromatic nitrogens is 3. The molecule has 0 saturated carbocycles. The summed E-state index contributed by atoms with van der Waals surface area (Å²) < 4.78 is 0. The molecule has 1 aliphatic carbocycles. The molecule has 124 valence electrons. The van der Waals surface area contributed by atoms with E-state index in [1.807, 2.05) is 4.98 Å². The van der Waals surface area contributed by atoms with Gasteiger partial charge in [0, 0.05) is 6.21 Å². The highest BCUT2D eigenvalue weighted by molar-refractivity contribution is 5.84. The molecular formula is C14H20N6O3. The molecule has 1 aromatic rings. The first-order valence-corrected chi connectivity index (χ1v) is 7.53. The highest BCUT2D eigenvalue weighted by Gasteiger charge is 2.18. The van der Waals surface area contributed by atoms with Crippen LogP contribution in [-0.4, -0.2) is 33.3 Å². The largest absolute Gasteiger partial charge is 0.352 e. The first kappa shape index (κ1) is 16.7. The minimum Gasteiger partial charge on any atom is -0.352 e. The molecule has 0 spiro atoms. The highest BCUT2D eigenvalue weighted by Crippen LogP contribution is 2.15. The van der Waals surface area contributed by atoms with Gasteiger partial charge in [-0.05, 0) is 31.6 Å². The Bertz CT molecular complexity index is 705. The molecule has 1 aliphatic rings. The summed E-state index contributed by atoms with van der Waals surface area (Å²) >= 11 is 0. The molecule has 0 saturated heterocycles. The molecule has 9 nitrogen and oxygen atoms in total. The van der Waals surface area contributed by atoms with Gasteiger partial charge in [-0.15, -0.1) is 5.10 Å². The topological polar surface area (TPSA) is 132 Å². The summed E-state index contributed by atoms with van der Waals surface area (Å²) in [4.78, 5) is 36.6. The van der Waals surface area contributed by atoms with Gasteiger partial charge in [0.1, 0.15) is 6.04 Å². The number of nitrogens with zero attached hydrogens (tertiary/aromatic N) is 2. The summed E-state index contributed by atoms with van der Waals surface area (Å²) in [5, 5.41) is 12.4. The maximum absolute atomic E-state index is 12.1. The lowest BCUT2D eigenvalue weighted by atomic mass is 9.96. The van der Waals surface area contributed by atoms with Crippen LogP contribution in [0.5, 0.6) is 0 Å². The molecule has 23 heavy (non-hydrogen) atoms. The van der Waals surface area contributed by atoms with Crippen LogP contribution in [0, 0.1) is 5.92 Å². The third-order valence-electron chi connectivity index (χ3n) is 3.52. The summed E-state index contributed by atoms with van der Waals surface area (Å²) in [6.07, 6.45) is 9.35. The lowest BCUT2D eigenvalue weighted by molar-refractivity contribution is -0.121. The molecule has 0 bridgehead atoms. The number of carbonyl (C=O) groups excluding carboxylic acids is 1. The van der Waals surface area contributed by atoms with Crippen LogP contribution >= 0.6 is 0 Å². The normalized spacial score (nSPS) is 18.7. The van der Waals surface area contributed by atoms with Gasteiger partial charge in [0.15, 0.2) is 0 Å². The maximum atomic E-state index is 12.1. The average molecular weight is 320 g/mol.